The molecule has 6 heteroatoms. The van der Waals surface area contributed by atoms with Crippen LogP contribution in [0.3, 0.4) is 0 Å². The molecule has 0 spiro atoms. The molecule has 0 radical (unpaired) electrons. The summed E-state index contributed by atoms with van der Waals surface area (Å²) in [4.78, 5) is 10.6. The molecule has 1 N–H and O–H groups in total. The van der Waals surface area contributed by atoms with Crippen LogP contribution in [0, 0.1) is 10.1 Å². The second kappa shape index (κ2) is 7.02. The summed E-state index contributed by atoms with van der Waals surface area (Å²) >= 11 is 9.51. The summed E-state index contributed by atoms with van der Waals surface area (Å²) in [7, 11) is 0. The van der Waals surface area contributed by atoms with Crippen molar-refractivity contribution in [3.63, 3.8) is 0 Å². The molecule has 4 nitrogen and oxygen atoms in total. The predicted molar refractivity (Wildman–Crippen MR) is 87.5 cm³/mol. The van der Waals surface area contributed by atoms with E-state index in [-0.39, 0.29) is 11.7 Å². The summed E-state index contributed by atoms with van der Waals surface area (Å²) in [6.45, 7) is 2.34. The van der Waals surface area contributed by atoms with E-state index in [0.29, 0.717) is 17.1 Å². The second-order valence-electron chi connectivity index (χ2n) is 4.65. The first-order valence-corrected chi connectivity index (χ1v) is 7.56. The van der Waals surface area contributed by atoms with Gasteiger partial charge < -0.3 is 5.32 Å². The number of rotatable bonds is 5. The lowest BCUT2D eigenvalue weighted by molar-refractivity contribution is -0.385. The number of hydrogen-bond acceptors (Lipinski definition) is 3. The zero-order valence-electron chi connectivity index (χ0n) is 11.3. The van der Waals surface area contributed by atoms with Crippen LogP contribution in [-0.2, 0) is 6.54 Å². The molecule has 21 heavy (non-hydrogen) atoms. The fourth-order valence-corrected chi connectivity index (χ4v) is 2.70. The van der Waals surface area contributed by atoms with Crippen molar-refractivity contribution in [2.24, 2.45) is 0 Å². The van der Waals surface area contributed by atoms with E-state index in [2.05, 4.69) is 21.2 Å². The van der Waals surface area contributed by atoms with Crippen LogP contribution in [0.2, 0.25) is 5.02 Å². The summed E-state index contributed by atoms with van der Waals surface area (Å²) < 4.78 is 0.998. The molecule has 0 aliphatic heterocycles. The number of hydrogen-bond donors (Lipinski definition) is 1. The first-order valence-electron chi connectivity index (χ1n) is 6.39. The Labute approximate surface area is 136 Å². The molecule has 2 aromatic carbocycles. The number of nitrogens with zero attached hydrogens (tertiary/aromatic N) is 1. The number of halogens is 2. The highest BCUT2D eigenvalue weighted by molar-refractivity contribution is 9.10. The van der Waals surface area contributed by atoms with Crippen LogP contribution in [0.15, 0.2) is 46.9 Å². The Kier molecular flexibility index (Phi) is 5.33. The van der Waals surface area contributed by atoms with Gasteiger partial charge in [-0.3, -0.25) is 10.1 Å². The van der Waals surface area contributed by atoms with Crippen molar-refractivity contribution in [3.05, 3.63) is 73.2 Å². The van der Waals surface area contributed by atoms with Gasteiger partial charge in [-0.05, 0) is 30.7 Å². The van der Waals surface area contributed by atoms with E-state index in [1.165, 1.54) is 6.07 Å². The van der Waals surface area contributed by atoms with E-state index < -0.39 is 4.92 Å². The van der Waals surface area contributed by atoms with Crippen LogP contribution >= 0.6 is 27.5 Å². The summed E-state index contributed by atoms with van der Waals surface area (Å²) in [5.41, 5.74) is 1.64. The molecule has 0 amide bonds. The molecule has 0 fully saturated rings. The zero-order chi connectivity index (χ0) is 15.4. The molecular weight excluding hydrogens is 356 g/mol. The van der Waals surface area contributed by atoms with Gasteiger partial charge in [-0.2, -0.15) is 0 Å². The third-order valence-electron chi connectivity index (χ3n) is 3.22. The van der Waals surface area contributed by atoms with Crippen LogP contribution in [0.4, 0.5) is 5.69 Å². The van der Waals surface area contributed by atoms with Gasteiger partial charge in [0.25, 0.3) is 5.69 Å². The molecule has 0 heterocycles. The van der Waals surface area contributed by atoms with E-state index in [9.17, 15) is 10.1 Å². The second-order valence-corrected chi connectivity index (χ2v) is 5.98. The summed E-state index contributed by atoms with van der Waals surface area (Å²) in [6, 6.07) is 12.7. The number of benzene rings is 2. The maximum atomic E-state index is 11.0. The largest absolute Gasteiger partial charge is 0.306 e. The molecule has 0 aliphatic carbocycles. The number of nitrogens with one attached hydrogen (secondary N) is 1. The molecule has 2 aromatic rings. The topological polar surface area (TPSA) is 55.2 Å². The molecule has 0 aliphatic rings. The Bertz CT molecular complexity index is 664. The third-order valence-corrected chi connectivity index (χ3v) is 4.07. The number of nitro groups is 1. The van der Waals surface area contributed by atoms with Crippen molar-refractivity contribution in [1.29, 1.82) is 0 Å². The van der Waals surface area contributed by atoms with Crippen LogP contribution in [-0.4, -0.2) is 4.92 Å². The highest BCUT2D eigenvalue weighted by Gasteiger charge is 2.17. The van der Waals surface area contributed by atoms with Gasteiger partial charge in [0, 0.05) is 23.1 Å². The van der Waals surface area contributed by atoms with Crippen LogP contribution in [0.1, 0.15) is 24.1 Å². The Morgan fingerprint density at radius 3 is 2.71 bits per heavy atom. The third kappa shape index (κ3) is 4.03. The Hall–Kier alpha value is -1.43. The van der Waals surface area contributed by atoms with Crippen LogP contribution < -0.4 is 5.32 Å². The quantitative estimate of drug-likeness (QED) is 0.605. The predicted octanol–water partition coefficient (Wildman–Crippen LogP) is 4.86. The minimum absolute atomic E-state index is 0.0384. The minimum atomic E-state index is -0.410. The van der Waals surface area contributed by atoms with Gasteiger partial charge in [-0.1, -0.05) is 45.7 Å². The van der Waals surface area contributed by atoms with Gasteiger partial charge in [0.15, 0.2) is 0 Å². The molecule has 0 aromatic heterocycles. The van der Waals surface area contributed by atoms with E-state index in [1.807, 2.05) is 31.2 Å². The Balaban J connectivity index is 2.15. The summed E-state index contributed by atoms with van der Waals surface area (Å²) in [5.74, 6) is 0. The highest BCUT2D eigenvalue weighted by atomic mass is 79.9. The molecule has 2 rings (SSSR count). The van der Waals surface area contributed by atoms with E-state index in [1.54, 1.807) is 12.1 Å². The van der Waals surface area contributed by atoms with Gasteiger partial charge in [0.05, 0.1) is 15.5 Å². The smallest absolute Gasteiger partial charge is 0.275 e. The van der Waals surface area contributed by atoms with Crippen molar-refractivity contribution in [1.82, 2.24) is 5.32 Å². The van der Waals surface area contributed by atoms with E-state index >= 15 is 0 Å². The lowest BCUT2D eigenvalue weighted by Crippen LogP contribution is -2.19. The molecule has 110 valence electrons. The summed E-state index contributed by atoms with van der Waals surface area (Å²) in [5, 5.41) is 14.7. The fourth-order valence-electron chi connectivity index (χ4n) is 2.04. The van der Waals surface area contributed by atoms with E-state index in [0.717, 1.165) is 10.0 Å². The monoisotopic (exact) mass is 368 g/mol. The maximum absolute atomic E-state index is 11.0. The fraction of sp³-hybridized carbons (Fsp3) is 0.200. The molecule has 0 unspecified atom stereocenters. The maximum Gasteiger partial charge on any atom is 0.275 e. The first kappa shape index (κ1) is 15.9. The van der Waals surface area contributed by atoms with Crippen molar-refractivity contribution >= 4 is 33.2 Å². The van der Waals surface area contributed by atoms with Crippen molar-refractivity contribution < 1.29 is 4.92 Å². The molecule has 0 saturated carbocycles. The number of nitro benzene ring substituents is 1. The Morgan fingerprint density at radius 2 is 2.05 bits per heavy atom. The average molecular weight is 370 g/mol. The van der Waals surface area contributed by atoms with Gasteiger partial charge in [0.1, 0.15) is 0 Å². The molecule has 0 saturated heterocycles. The normalized spacial score (nSPS) is 12.1. The lowest BCUT2D eigenvalue weighted by Gasteiger charge is -2.15. The lowest BCUT2D eigenvalue weighted by atomic mass is 10.1. The summed E-state index contributed by atoms with van der Waals surface area (Å²) in [6.07, 6.45) is 0. The molecule has 0 bridgehead atoms. The Morgan fingerprint density at radius 1 is 1.33 bits per heavy atom. The minimum Gasteiger partial charge on any atom is -0.306 e. The average Bonchev–Trinajstić information content (AvgIpc) is 2.45. The SMILES string of the molecule is C[C@H](NCc1c(Cl)cccc1[N+](=O)[O-])c1cccc(Br)c1. The van der Waals surface area contributed by atoms with Gasteiger partial charge >= 0.3 is 0 Å². The zero-order valence-corrected chi connectivity index (χ0v) is 13.7. The van der Waals surface area contributed by atoms with Crippen LogP contribution in [0.25, 0.3) is 0 Å². The van der Waals surface area contributed by atoms with Crippen molar-refractivity contribution in [2.45, 2.75) is 19.5 Å². The van der Waals surface area contributed by atoms with Gasteiger partial charge in [-0.15, -0.1) is 0 Å². The molecular formula is C15H14BrClN2O2. The first-order chi connectivity index (χ1) is 9.99. The van der Waals surface area contributed by atoms with Crippen molar-refractivity contribution in [3.8, 4) is 0 Å². The van der Waals surface area contributed by atoms with Gasteiger partial charge in [0.2, 0.25) is 0 Å². The van der Waals surface area contributed by atoms with E-state index in [4.69, 9.17) is 11.6 Å². The standard InChI is InChI=1S/C15H14BrClN2O2/c1-10(11-4-2-5-12(16)8-11)18-9-13-14(17)6-3-7-15(13)19(20)21/h2-8,10,18H,9H2,1H3/t10-/m0/s1. The van der Waals surface area contributed by atoms with Crippen LogP contribution in [0.5, 0.6) is 0 Å². The van der Waals surface area contributed by atoms with Gasteiger partial charge in [-0.25, -0.2) is 0 Å². The highest BCUT2D eigenvalue weighted by Crippen LogP contribution is 2.27. The van der Waals surface area contributed by atoms with Crippen molar-refractivity contribution in [2.75, 3.05) is 0 Å². The molecule has 1 atom stereocenters.